The Hall–Kier alpha value is -4.65. The smallest absolute Gasteiger partial charge is 0.340 e. The summed E-state index contributed by atoms with van der Waals surface area (Å²) in [5, 5.41) is 25.1. The van der Waals surface area contributed by atoms with E-state index in [1.54, 1.807) is 60.7 Å². The molecule has 0 spiro atoms. The number of carboxylic acid groups (broad SMARTS) is 2. The van der Waals surface area contributed by atoms with Gasteiger partial charge >= 0.3 is 24.0 Å². The predicted molar refractivity (Wildman–Crippen MR) is 132 cm³/mol. The fourth-order valence-corrected chi connectivity index (χ4v) is 2.95. The number of rotatable bonds is 6. The van der Waals surface area contributed by atoms with Crippen molar-refractivity contribution in [2.24, 2.45) is 11.7 Å². The molecule has 0 saturated carbocycles. The maximum absolute atomic E-state index is 12.6. The number of urea groups is 2. The lowest BCUT2D eigenvalue weighted by Gasteiger charge is -2.24. The van der Waals surface area contributed by atoms with Crippen LogP contribution in [0.5, 0.6) is 0 Å². The van der Waals surface area contributed by atoms with Crippen LogP contribution in [0.4, 0.5) is 32.3 Å². The Morgan fingerprint density at radius 2 is 0.971 bits per heavy atom. The Kier molecular flexibility index (Phi) is 8.72. The largest absolute Gasteiger partial charge is 0.478 e. The number of hydrogen-bond acceptors (Lipinski definition) is 6. The summed E-state index contributed by atoms with van der Waals surface area (Å²) in [6.07, 6.45) is 0. The van der Waals surface area contributed by atoms with E-state index in [1.807, 2.05) is 0 Å². The molecule has 0 fully saturated rings. The van der Waals surface area contributed by atoms with E-state index in [-0.39, 0.29) is 12.4 Å². The number of aromatic carboxylic acids is 2. The van der Waals surface area contributed by atoms with E-state index in [2.05, 4.69) is 10.6 Å². The molecule has 3 aromatic carbocycles. The molecule has 0 aliphatic carbocycles. The maximum atomic E-state index is 12.6. The third-order valence-corrected chi connectivity index (χ3v) is 4.58. The van der Waals surface area contributed by atoms with Crippen molar-refractivity contribution in [3.63, 3.8) is 0 Å². The van der Waals surface area contributed by atoms with Gasteiger partial charge in [0.25, 0.3) is 0 Å². The van der Waals surface area contributed by atoms with Gasteiger partial charge in [-0.1, -0.05) is 36.4 Å². The van der Waals surface area contributed by atoms with Gasteiger partial charge in [-0.3, -0.25) is 0 Å². The lowest BCUT2D eigenvalue weighted by Crippen LogP contribution is -2.44. The van der Waals surface area contributed by atoms with Gasteiger partial charge < -0.3 is 20.8 Å². The van der Waals surface area contributed by atoms with Crippen LogP contribution >= 0.6 is 12.4 Å². The zero-order chi connectivity index (χ0) is 24.8. The van der Waals surface area contributed by atoms with Crippen LogP contribution < -0.4 is 32.3 Å². The fourth-order valence-electron chi connectivity index (χ4n) is 2.95. The van der Waals surface area contributed by atoms with Crippen molar-refractivity contribution in [2.75, 3.05) is 20.7 Å². The van der Waals surface area contributed by atoms with Crippen LogP contribution in [-0.4, -0.2) is 34.2 Å². The van der Waals surface area contributed by atoms with E-state index < -0.39 is 46.5 Å². The number of para-hydroxylation sites is 2. The molecule has 0 unspecified atom stereocenters. The van der Waals surface area contributed by atoms with E-state index in [0.29, 0.717) is 21.4 Å². The van der Waals surface area contributed by atoms with Crippen LogP contribution in [-0.2, 0) is 0 Å². The van der Waals surface area contributed by atoms with Crippen molar-refractivity contribution in [3.8, 4) is 0 Å². The number of benzene rings is 3. The lowest BCUT2D eigenvalue weighted by molar-refractivity contribution is 0.0696. The molecule has 3 rings (SSSR count). The second kappa shape index (κ2) is 11.5. The van der Waals surface area contributed by atoms with E-state index in [1.165, 1.54) is 0 Å². The van der Waals surface area contributed by atoms with E-state index in [4.69, 9.17) is 11.7 Å². The molecule has 4 amide bonds. The molecule has 0 aromatic heterocycles. The number of nitrogens with two attached hydrogens (primary N) is 2. The number of hydrogen-bond donors (Lipinski definition) is 6. The van der Waals surface area contributed by atoms with Crippen molar-refractivity contribution in [1.82, 2.24) is 0 Å². The van der Waals surface area contributed by atoms with Crippen molar-refractivity contribution in [2.45, 2.75) is 0 Å². The SMILES string of the molecule is Cl.NN(C(=O)Nc1ccccc1)c1cc(N(N)C(=O)Nc2ccccc2)c(C(=O)O)cc1C(=O)O. The molecule has 12 nitrogen and oxygen atoms in total. The molecular formula is C22H21ClN6O6. The summed E-state index contributed by atoms with van der Waals surface area (Å²) < 4.78 is 0. The molecule has 0 heterocycles. The molecule has 182 valence electrons. The summed E-state index contributed by atoms with van der Waals surface area (Å²) in [5.41, 5.74) is -1.23. The highest BCUT2D eigenvalue weighted by molar-refractivity contribution is 6.11. The van der Waals surface area contributed by atoms with Gasteiger partial charge in [0, 0.05) is 11.4 Å². The number of nitrogens with one attached hydrogen (secondary N) is 2. The Balaban J connectivity index is 0.00000432. The van der Waals surface area contributed by atoms with Crippen LogP contribution in [0.15, 0.2) is 72.8 Å². The summed E-state index contributed by atoms with van der Waals surface area (Å²) >= 11 is 0. The highest BCUT2D eigenvalue weighted by Crippen LogP contribution is 2.30. The summed E-state index contributed by atoms with van der Waals surface area (Å²) in [5.74, 6) is 8.64. The van der Waals surface area contributed by atoms with Crippen LogP contribution in [0.1, 0.15) is 20.7 Å². The zero-order valence-electron chi connectivity index (χ0n) is 17.9. The monoisotopic (exact) mass is 500 g/mol. The topological polar surface area (TPSA) is 191 Å². The van der Waals surface area contributed by atoms with Gasteiger partial charge in [0.2, 0.25) is 0 Å². The van der Waals surface area contributed by atoms with E-state index in [9.17, 15) is 29.4 Å². The molecule has 3 aromatic rings. The molecule has 0 radical (unpaired) electrons. The number of nitrogens with zero attached hydrogens (tertiary/aromatic N) is 2. The number of carbonyl (C=O) groups is 4. The Morgan fingerprint density at radius 3 is 1.29 bits per heavy atom. The number of halogens is 1. The number of amides is 4. The van der Waals surface area contributed by atoms with Gasteiger partial charge in [0.15, 0.2) is 0 Å². The predicted octanol–water partition coefficient (Wildman–Crippen LogP) is 3.33. The number of anilines is 4. The first kappa shape index (κ1) is 26.6. The molecule has 13 heteroatoms. The number of hydrazine groups is 2. The summed E-state index contributed by atoms with van der Waals surface area (Å²) in [6, 6.07) is 16.3. The first-order chi connectivity index (χ1) is 16.2. The maximum Gasteiger partial charge on any atom is 0.340 e. The molecule has 0 saturated heterocycles. The lowest BCUT2D eigenvalue weighted by atomic mass is 10.1. The van der Waals surface area contributed by atoms with Gasteiger partial charge in [-0.05, 0) is 36.4 Å². The Bertz CT molecular complexity index is 1150. The molecule has 35 heavy (non-hydrogen) atoms. The normalized spacial score (nSPS) is 9.89. The molecule has 0 atom stereocenters. The van der Waals surface area contributed by atoms with Crippen LogP contribution in [0, 0.1) is 0 Å². The van der Waals surface area contributed by atoms with Crippen molar-refractivity contribution >= 4 is 59.2 Å². The average Bonchev–Trinajstić information content (AvgIpc) is 2.83. The standard InChI is InChI=1S/C22H20N6O6.ClH/c23-27(21(33)25-13-7-3-1-4-8-13)17-12-18(16(20(31)32)11-15(17)19(29)30)28(24)22(34)26-14-9-5-2-6-10-14;/h1-12H,23-24H2,(H,25,33)(H,26,34)(H,29,30)(H,31,32);1H. The second-order valence-electron chi connectivity index (χ2n) is 6.83. The fraction of sp³-hybridized carbons (Fsp3) is 0. The minimum Gasteiger partial charge on any atom is -0.478 e. The summed E-state index contributed by atoms with van der Waals surface area (Å²) in [7, 11) is 0. The minimum atomic E-state index is -1.55. The second-order valence-corrected chi connectivity index (χ2v) is 6.83. The molecular weight excluding hydrogens is 480 g/mol. The Morgan fingerprint density at radius 1 is 0.629 bits per heavy atom. The van der Waals surface area contributed by atoms with E-state index in [0.717, 1.165) is 12.1 Å². The van der Waals surface area contributed by atoms with Crippen LogP contribution in [0.3, 0.4) is 0 Å². The average molecular weight is 501 g/mol. The summed E-state index contributed by atoms with van der Waals surface area (Å²) in [4.78, 5) is 48.9. The van der Waals surface area contributed by atoms with Crippen molar-refractivity contribution in [3.05, 3.63) is 83.9 Å². The van der Waals surface area contributed by atoms with E-state index >= 15 is 0 Å². The van der Waals surface area contributed by atoms with Gasteiger partial charge in [-0.2, -0.15) is 0 Å². The van der Waals surface area contributed by atoms with Crippen LogP contribution in [0.2, 0.25) is 0 Å². The third-order valence-electron chi connectivity index (χ3n) is 4.58. The van der Waals surface area contributed by atoms with Crippen molar-refractivity contribution < 1.29 is 29.4 Å². The molecule has 0 aliphatic rings. The number of carbonyl (C=O) groups excluding carboxylic acids is 2. The summed E-state index contributed by atoms with van der Waals surface area (Å²) in [6.45, 7) is 0. The highest BCUT2D eigenvalue weighted by Gasteiger charge is 2.27. The first-order valence-electron chi connectivity index (χ1n) is 9.65. The highest BCUT2D eigenvalue weighted by atomic mass is 35.5. The Labute approximate surface area is 205 Å². The first-order valence-corrected chi connectivity index (χ1v) is 9.65. The van der Waals surface area contributed by atoms with Crippen LogP contribution in [0.25, 0.3) is 0 Å². The van der Waals surface area contributed by atoms with Gasteiger partial charge in [0.05, 0.1) is 22.5 Å². The van der Waals surface area contributed by atoms with Gasteiger partial charge in [-0.15, -0.1) is 12.4 Å². The van der Waals surface area contributed by atoms with Gasteiger partial charge in [0.1, 0.15) is 0 Å². The minimum absolute atomic E-state index is 0. The van der Waals surface area contributed by atoms with Gasteiger partial charge in [-0.25, -0.2) is 40.9 Å². The molecule has 8 N–H and O–H groups in total. The number of carboxylic acids is 2. The van der Waals surface area contributed by atoms with Crippen molar-refractivity contribution in [1.29, 1.82) is 0 Å². The molecule has 0 bridgehead atoms. The molecule has 0 aliphatic heterocycles. The third kappa shape index (κ3) is 6.23. The quantitative estimate of drug-likeness (QED) is 0.168. The zero-order valence-corrected chi connectivity index (χ0v) is 18.7.